The van der Waals surface area contributed by atoms with Crippen molar-refractivity contribution < 1.29 is 14.6 Å². The Morgan fingerprint density at radius 3 is 2.76 bits per heavy atom. The summed E-state index contributed by atoms with van der Waals surface area (Å²) in [5, 5.41) is 14.3. The molecule has 1 aromatic carbocycles. The molecule has 1 aliphatic heterocycles. The van der Waals surface area contributed by atoms with Gasteiger partial charge in [0.1, 0.15) is 6.10 Å². The first kappa shape index (κ1) is 18.1. The maximum Gasteiger partial charge on any atom is 0.252 e. The highest BCUT2D eigenvalue weighted by atomic mass is 32.1. The molecule has 0 saturated carbocycles. The van der Waals surface area contributed by atoms with Gasteiger partial charge in [-0.1, -0.05) is 30.3 Å². The molecule has 2 heterocycles. The number of aliphatic hydroxyl groups is 1. The maximum absolute atomic E-state index is 13.0. The van der Waals surface area contributed by atoms with Crippen LogP contribution in [0, 0.1) is 0 Å². The number of thiophene rings is 1. The van der Waals surface area contributed by atoms with Gasteiger partial charge in [0.2, 0.25) is 0 Å². The largest absolute Gasteiger partial charge is 0.387 e. The summed E-state index contributed by atoms with van der Waals surface area (Å²) >= 11 is 1.53. The number of hydrogen-bond donors (Lipinski definition) is 2. The minimum atomic E-state index is -0.703. The average molecular weight is 360 g/mol. The Bertz CT molecular complexity index is 663. The molecule has 1 fully saturated rings. The summed E-state index contributed by atoms with van der Waals surface area (Å²) in [4.78, 5) is 14.7. The zero-order valence-electron chi connectivity index (χ0n) is 14.1. The van der Waals surface area contributed by atoms with Crippen molar-refractivity contribution in [2.45, 2.75) is 37.7 Å². The Morgan fingerprint density at radius 2 is 2.12 bits per heavy atom. The zero-order chi connectivity index (χ0) is 17.6. The quantitative estimate of drug-likeness (QED) is 0.794. The van der Waals surface area contributed by atoms with Crippen LogP contribution in [0.3, 0.4) is 0 Å². The molecule has 1 aliphatic rings. The number of ether oxygens (including phenoxy) is 1. The Labute approximate surface area is 152 Å². The zero-order valence-corrected chi connectivity index (χ0v) is 14.9. The van der Waals surface area contributed by atoms with Crippen LogP contribution in [0.25, 0.3) is 0 Å². The Kier molecular flexibility index (Phi) is 6.20. The van der Waals surface area contributed by atoms with Gasteiger partial charge in [-0.3, -0.25) is 4.79 Å². The Morgan fingerprint density at radius 1 is 1.32 bits per heavy atom. The van der Waals surface area contributed by atoms with E-state index in [0.717, 1.165) is 17.5 Å². The number of amides is 1. The topological polar surface area (TPSA) is 75.8 Å². The van der Waals surface area contributed by atoms with Crippen molar-refractivity contribution in [1.82, 2.24) is 4.90 Å². The van der Waals surface area contributed by atoms with Crippen molar-refractivity contribution in [2.24, 2.45) is 5.73 Å². The molecule has 3 atom stereocenters. The maximum atomic E-state index is 13.0. The van der Waals surface area contributed by atoms with Gasteiger partial charge in [0.15, 0.2) is 0 Å². The molecule has 5 nitrogen and oxygen atoms in total. The van der Waals surface area contributed by atoms with Crippen LogP contribution in [0.4, 0.5) is 0 Å². The number of benzene rings is 1. The molecular weight excluding hydrogens is 336 g/mol. The van der Waals surface area contributed by atoms with Crippen molar-refractivity contribution >= 4 is 17.2 Å². The van der Waals surface area contributed by atoms with Crippen molar-refractivity contribution in [3.63, 3.8) is 0 Å². The van der Waals surface area contributed by atoms with E-state index in [1.807, 2.05) is 47.2 Å². The summed E-state index contributed by atoms with van der Waals surface area (Å²) in [6.45, 7) is 1.13. The molecule has 1 aromatic heterocycles. The van der Waals surface area contributed by atoms with Gasteiger partial charge in [0.05, 0.1) is 18.8 Å². The lowest BCUT2D eigenvalue weighted by Gasteiger charge is -2.28. The molecule has 3 N–H and O–H groups in total. The second kappa shape index (κ2) is 8.58. The van der Waals surface area contributed by atoms with E-state index in [0.29, 0.717) is 19.5 Å². The molecule has 25 heavy (non-hydrogen) atoms. The van der Waals surface area contributed by atoms with Crippen LogP contribution in [0.2, 0.25) is 0 Å². The highest BCUT2D eigenvalue weighted by molar-refractivity contribution is 7.07. The van der Waals surface area contributed by atoms with Gasteiger partial charge < -0.3 is 20.5 Å². The van der Waals surface area contributed by atoms with Crippen molar-refractivity contribution in [3.05, 3.63) is 58.3 Å². The van der Waals surface area contributed by atoms with Crippen LogP contribution in [-0.4, -0.2) is 41.2 Å². The minimum absolute atomic E-state index is 0.0469. The van der Waals surface area contributed by atoms with Crippen LogP contribution < -0.4 is 5.73 Å². The van der Waals surface area contributed by atoms with Gasteiger partial charge >= 0.3 is 0 Å². The molecule has 1 unspecified atom stereocenters. The summed E-state index contributed by atoms with van der Waals surface area (Å²) in [5.41, 5.74) is 7.52. The van der Waals surface area contributed by atoms with Crippen LogP contribution in [0.15, 0.2) is 47.2 Å². The first-order valence-corrected chi connectivity index (χ1v) is 9.50. The monoisotopic (exact) mass is 360 g/mol. The number of rotatable bonds is 7. The highest BCUT2D eigenvalue weighted by Gasteiger charge is 2.33. The van der Waals surface area contributed by atoms with E-state index < -0.39 is 12.2 Å². The van der Waals surface area contributed by atoms with Crippen molar-refractivity contribution in [1.29, 1.82) is 0 Å². The third kappa shape index (κ3) is 4.67. The molecule has 6 heteroatoms. The predicted octanol–water partition coefficient (Wildman–Crippen LogP) is 2.32. The Hall–Kier alpha value is -1.73. The summed E-state index contributed by atoms with van der Waals surface area (Å²) in [7, 11) is 0. The summed E-state index contributed by atoms with van der Waals surface area (Å²) < 4.78 is 5.77. The molecule has 0 radical (unpaired) electrons. The molecule has 0 aliphatic carbocycles. The van der Waals surface area contributed by atoms with Gasteiger partial charge in [0.25, 0.3) is 5.91 Å². The van der Waals surface area contributed by atoms with E-state index in [-0.39, 0.29) is 18.6 Å². The van der Waals surface area contributed by atoms with Crippen LogP contribution >= 0.6 is 11.3 Å². The number of hydrogen-bond acceptors (Lipinski definition) is 5. The van der Waals surface area contributed by atoms with Gasteiger partial charge in [-0.15, -0.1) is 0 Å². The normalized spacial score (nSPS) is 21.2. The molecule has 1 amide bonds. The molecule has 134 valence electrons. The van der Waals surface area contributed by atoms with E-state index in [2.05, 4.69) is 0 Å². The minimum Gasteiger partial charge on any atom is -0.387 e. The number of aliphatic hydroxyl groups excluding tert-OH is 1. The molecule has 0 bridgehead atoms. The Balaban J connectivity index is 1.72. The van der Waals surface area contributed by atoms with E-state index in [9.17, 15) is 9.90 Å². The van der Waals surface area contributed by atoms with E-state index in [1.54, 1.807) is 4.90 Å². The van der Waals surface area contributed by atoms with Crippen LogP contribution in [0.5, 0.6) is 0 Å². The number of nitrogens with two attached hydrogens (primary N) is 1. The SMILES string of the molecule is NC[C@H]1CC[C@@H](C(=O)N(Cc2ccccc2)CC(O)c2ccsc2)O1. The van der Waals surface area contributed by atoms with Gasteiger partial charge in [-0.2, -0.15) is 11.3 Å². The predicted molar refractivity (Wildman–Crippen MR) is 98.1 cm³/mol. The number of carbonyl (C=O) groups excluding carboxylic acids is 1. The van der Waals surface area contributed by atoms with Crippen LogP contribution in [0.1, 0.15) is 30.1 Å². The number of nitrogens with zero attached hydrogens (tertiary/aromatic N) is 1. The van der Waals surface area contributed by atoms with Crippen molar-refractivity contribution in [2.75, 3.05) is 13.1 Å². The van der Waals surface area contributed by atoms with Gasteiger partial charge in [-0.05, 0) is 40.8 Å². The lowest BCUT2D eigenvalue weighted by molar-refractivity contribution is -0.145. The summed E-state index contributed by atoms with van der Waals surface area (Å²) in [5.74, 6) is -0.0749. The fraction of sp³-hybridized carbons (Fsp3) is 0.421. The lowest BCUT2D eigenvalue weighted by atomic mass is 10.1. The first-order chi connectivity index (χ1) is 12.2. The summed E-state index contributed by atoms with van der Waals surface area (Å²) in [6, 6.07) is 11.7. The van der Waals surface area contributed by atoms with Gasteiger partial charge in [0, 0.05) is 13.1 Å². The lowest BCUT2D eigenvalue weighted by Crippen LogP contribution is -2.41. The number of carbonyl (C=O) groups is 1. The molecule has 0 spiro atoms. The summed E-state index contributed by atoms with van der Waals surface area (Å²) in [6.07, 6.45) is 0.270. The van der Waals surface area contributed by atoms with E-state index in [4.69, 9.17) is 10.5 Å². The second-order valence-corrected chi connectivity index (χ2v) is 7.12. The second-order valence-electron chi connectivity index (χ2n) is 6.34. The first-order valence-electron chi connectivity index (χ1n) is 8.55. The van der Waals surface area contributed by atoms with Crippen LogP contribution in [-0.2, 0) is 16.1 Å². The fourth-order valence-corrected chi connectivity index (χ4v) is 3.79. The molecule has 3 rings (SSSR count). The highest BCUT2D eigenvalue weighted by Crippen LogP contribution is 2.24. The molecule has 2 aromatic rings. The standard InChI is InChI=1S/C19H24N2O3S/c20-10-16-6-7-18(24-16)19(23)21(11-14-4-2-1-3-5-14)12-17(22)15-8-9-25-13-15/h1-5,8-9,13,16-18,22H,6-7,10-12,20H2/t16-,17?,18+/m1/s1. The third-order valence-corrected chi connectivity index (χ3v) is 5.20. The smallest absolute Gasteiger partial charge is 0.252 e. The average Bonchev–Trinajstić information content (AvgIpc) is 3.33. The fourth-order valence-electron chi connectivity index (χ4n) is 3.08. The van der Waals surface area contributed by atoms with Gasteiger partial charge in [-0.25, -0.2) is 0 Å². The molecular formula is C19H24N2O3S. The van der Waals surface area contributed by atoms with Crippen molar-refractivity contribution in [3.8, 4) is 0 Å². The third-order valence-electron chi connectivity index (χ3n) is 4.50. The van der Waals surface area contributed by atoms with E-state index in [1.165, 1.54) is 11.3 Å². The molecule has 1 saturated heterocycles. The van der Waals surface area contributed by atoms with E-state index >= 15 is 0 Å².